The van der Waals surface area contributed by atoms with Crippen molar-refractivity contribution >= 4 is 46.0 Å². The number of piperazine rings is 1. The number of rotatable bonds is 9. The summed E-state index contributed by atoms with van der Waals surface area (Å²) >= 11 is 3.07. The molecule has 2 saturated carbocycles. The number of benzene rings is 1. The molecule has 3 aromatic rings. The molecule has 42 heavy (non-hydrogen) atoms. The summed E-state index contributed by atoms with van der Waals surface area (Å²) < 4.78 is 0.988. The molecule has 1 aliphatic heterocycles. The molecule has 2 aromatic heterocycles. The summed E-state index contributed by atoms with van der Waals surface area (Å²) in [6.45, 7) is 6.56. The van der Waals surface area contributed by atoms with Gasteiger partial charge in [0.15, 0.2) is 5.13 Å². The van der Waals surface area contributed by atoms with Crippen molar-refractivity contribution in [3.63, 3.8) is 0 Å². The van der Waals surface area contributed by atoms with E-state index in [4.69, 9.17) is 0 Å². The predicted octanol–water partition coefficient (Wildman–Crippen LogP) is 4.91. The van der Waals surface area contributed by atoms with E-state index in [1.54, 1.807) is 29.8 Å². The number of aromatic nitrogens is 2. The first-order valence-corrected chi connectivity index (χ1v) is 16.6. The van der Waals surface area contributed by atoms with E-state index in [1.165, 1.54) is 37.0 Å². The van der Waals surface area contributed by atoms with Gasteiger partial charge >= 0.3 is 0 Å². The number of carbonyl (C=O) groups is 3. The molecule has 3 amide bonds. The number of fused-ring (bicyclic) bond motifs is 2. The highest BCUT2D eigenvalue weighted by Crippen LogP contribution is 2.44. The van der Waals surface area contributed by atoms with Crippen molar-refractivity contribution < 1.29 is 14.4 Å². The van der Waals surface area contributed by atoms with Crippen LogP contribution in [0.1, 0.15) is 70.3 Å². The molecule has 2 unspecified atom stereocenters. The van der Waals surface area contributed by atoms with Gasteiger partial charge in [-0.25, -0.2) is 4.98 Å². The molecule has 3 atom stereocenters. The Morgan fingerprint density at radius 3 is 2.62 bits per heavy atom. The number of hydrogen-bond donors (Lipinski definition) is 3. The van der Waals surface area contributed by atoms with Crippen LogP contribution in [-0.4, -0.2) is 69.7 Å². The first kappa shape index (κ1) is 28.9. The van der Waals surface area contributed by atoms with Gasteiger partial charge in [0.25, 0.3) is 11.8 Å². The SMILES string of the molecule is CC(=O)N1CCN(C(=O)c2cc(C)cc(CSc3cnc(NC(=O)c4ccc(CN[C@@H]5CC6CCC5C6)[nH]4)s3)c2)CC1. The van der Waals surface area contributed by atoms with Gasteiger partial charge < -0.3 is 20.1 Å². The molecule has 1 aromatic carbocycles. The largest absolute Gasteiger partial charge is 0.353 e. The summed E-state index contributed by atoms with van der Waals surface area (Å²) in [6.07, 6.45) is 7.18. The number of H-pyrrole nitrogens is 1. The van der Waals surface area contributed by atoms with Crippen molar-refractivity contribution in [2.45, 2.75) is 62.1 Å². The number of carbonyl (C=O) groups excluding carboxylic acids is 3. The van der Waals surface area contributed by atoms with Crippen molar-refractivity contribution in [3.05, 3.63) is 64.6 Å². The number of nitrogens with one attached hydrogen (secondary N) is 3. The number of thioether (sulfide) groups is 1. The van der Waals surface area contributed by atoms with Crippen LogP contribution in [0.3, 0.4) is 0 Å². The van der Waals surface area contributed by atoms with Crippen molar-refractivity contribution in [2.24, 2.45) is 11.8 Å². The Balaban J connectivity index is 0.991. The number of amides is 3. The van der Waals surface area contributed by atoms with Crippen LogP contribution in [0, 0.1) is 18.8 Å². The Morgan fingerprint density at radius 1 is 1.07 bits per heavy atom. The molecule has 2 aliphatic carbocycles. The number of nitrogens with zero attached hydrogens (tertiary/aromatic N) is 3. The molecule has 11 heteroatoms. The molecule has 6 rings (SSSR count). The van der Waals surface area contributed by atoms with Crippen molar-refractivity contribution in [1.29, 1.82) is 0 Å². The number of hydrogen-bond acceptors (Lipinski definition) is 7. The van der Waals surface area contributed by atoms with Gasteiger partial charge in [-0.3, -0.25) is 19.7 Å². The highest BCUT2D eigenvalue weighted by Gasteiger charge is 2.39. The van der Waals surface area contributed by atoms with Gasteiger partial charge in [0.2, 0.25) is 5.91 Å². The van der Waals surface area contributed by atoms with E-state index < -0.39 is 0 Å². The van der Waals surface area contributed by atoms with Gasteiger partial charge in [0.1, 0.15) is 5.69 Å². The highest BCUT2D eigenvalue weighted by atomic mass is 32.2. The average molecular weight is 607 g/mol. The minimum atomic E-state index is -0.196. The Kier molecular flexibility index (Phi) is 8.69. The Morgan fingerprint density at radius 2 is 1.88 bits per heavy atom. The highest BCUT2D eigenvalue weighted by molar-refractivity contribution is 8.00. The molecule has 222 valence electrons. The number of aromatic amines is 1. The Hall–Kier alpha value is -3.15. The maximum absolute atomic E-state index is 13.2. The second-order valence-electron chi connectivity index (χ2n) is 11.8. The third-order valence-corrected chi connectivity index (χ3v) is 10.9. The second-order valence-corrected chi connectivity index (χ2v) is 14.1. The van der Waals surface area contributed by atoms with Crippen molar-refractivity contribution in [3.8, 4) is 0 Å². The first-order valence-electron chi connectivity index (χ1n) is 14.8. The lowest BCUT2D eigenvalue weighted by Crippen LogP contribution is -2.50. The van der Waals surface area contributed by atoms with E-state index >= 15 is 0 Å². The van der Waals surface area contributed by atoms with Crippen LogP contribution in [0.25, 0.3) is 0 Å². The fourth-order valence-electron chi connectivity index (χ4n) is 6.59. The number of anilines is 1. The molecule has 3 heterocycles. The molecule has 3 N–H and O–H groups in total. The van der Waals surface area contributed by atoms with Crippen LogP contribution in [0.2, 0.25) is 0 Å². The molecule has 2 bridgehead atoms. The lowest BCUT2D eigenvalue weighted by atomic mass is 9.95. The lowest BCUT2D eigenvalue weighted by Gasteiger charge is -2.34. The van der Waals surface area contributed by atoms with Gasteiger partial charge in [0, 0.05) is 62.7 Å². The molecule has 1 saturated heterocycles. The summed E-state index contributed by atoms with van der Waals surface area (Å²) in [4.78, 5) is 48.9. The molecule has 3 fully saturated rings. The summed E-state index contributed by atoms with van der Waals surface area (Å²) in [6, 6.07) is 10.4. The maximum Gasteiger partial charge on any atom is 0.273 e. The van der Waals surface area contributed by atoms with Crippen LogP contribution in [0.4, 0.5) is 5.13 Å². The van der Waals surface area contributed by atoms with Crippen molar-refractivity contribution in [1.82, 2.24) is 25.1 Å². The summed E-state index contributed by atoms with van der Waals surface area (Å²) in [5.74, 6) is 2.27. The van der Waals surface area contributed by atoms with Gasteiger partial charge in [-0.1, -0.05) is 29.4 Å². The normalized spacial score (nSPS) is 21.6. The zero-order chi connectivity index (χ0) is 29.2. The minimum Gasteiger partial charge on any atom is -0.353 e. The van der Waals surface area contributed by atoms with E-state index in [-0.39, 0.29) is 17.7 Å². The molecule has 9 nitrogen and oxygen atoms in total. The van der Waals surface area contributed by atoms with E-state index in [0.717, 1.165) is 39.4 Å². The van der Waals surface area contributed by atoms with E-state index in [9.17, 15) is 14.4 Å². The smallest absolute Gasteiger partial charge is 0.273 e. The fourth-order valence-corrected chi connectivity index (χ4v) is 8.39. The van der Waals surface area contributed by atoms with Gasteiger partial charge in [-0.15, -0.1) is 11.8 Å². The van der Waals surface area contributed by atoms with E-state index in [2.05, 4.69) is 26.7 Å². The topological polar surface area (TPSA) is 110 Å². The number of thiazole rings is 1. The first-order chi connectivity index (χ1) is 20.3. The molecular weight excluding hydrogens is 569 g/mol. The maximum atomic E-state index is 13.2. The summed E-state index contributed by atoms with van der Waals surface area (Å²) in [5, 5.41) is 7.16. The predicted molar refractivity (Wildman–Crippen MR) is 166 cm³/mol. The molecular formula is C31H38N6O3S2. The van der Waals surface area contributed by atoms with Crippen LogP contribution in [-0.2, 0) is 17.1 Å². The summed E-state index contributed by atoms with van der Waals surface area (Å²) in [7, 11) is 0. The van der Waals surface area contributed by atoms with Crippen LogP contribution in [0.5, 0.6) is 0 Å². The van der Waals surface area contributed by atoms with Gasteiger partial charge in [0.05, 0.1) is 10.4 Å². The zero-order valence-electron chi connectivity index (χ0n) is 24.2. The second kappa shape index (κ2) is 12.6. The molecule has 0 spiro atoms. The van der Waals surface area contributed by atoms with Crippen LogP contribution < -0.4 is 10.6 Å². The molecule has 3 aliphatic rings. The van der Waals surface area contributed by atoms with E-state index in [1.807, 2.05) is 36.1 Å². The molecule has 0 radical (unpaired) electrons. The zero-order valence-corrected chi connectivity index (χ0v) is 25.8. The third kappa shape index (κ3) is 6.74. The van der Waals surface area contributed by atoms with Gasteiger partial charge in [-0.2, -0.15) is 0 Å². The monoisotopic (exact) mass is 606 g/mol. The average Bonchev–Trinajstić information content (AvgIpc) is 3.80. The summed E-state index contributed by atoms with van der Waals surface area (Å²) in [5.41, 5.74) is 4.32. The van der Waals surface area contributed by atoms with Crippen LogP contribution in [0.15, 0.2) is 40.7 Å². The Bertz CT molecular complexity index is 1460. The fraction of sp³-hybridized carbons (Fsp3) is 0.484. The quantitative estimate of drug-likeness (QED) is 0.299. The standard InChI is InChI=1S/C31H38N6O3S2/c1-19-11-22(14-24(12-19)30(40)37-9-7-36(8-10-37)20(2)38)18-41-28-17-33-31(42-28)35-29(39)26-6-5-25(34-26)16-32-27-15-21-3-4-23(27)13-21/h5-6,11-12,14,17,21,23,27,32,34H,3-4,7-10,13,15-16,18H2,1-2H3,(H,33,35,39)/t21?,23?,27-/m1/s1. The van der Waals surface area contributed by atoms with Crippen molar-refractivity contribution in [2.75, 3.05) is 31.5 Å². The van der Waals surface area contributed by atoms with E-state index in [0.29, 0.717) is 54.4 Å². The van der Waals surface area contributed by atoms with Gasteiger partial charge in [-0.05, 0) is 67.9 Å². The minimum absolute atomic E-state index is 0.00438. The third-order valence-electron chi connectivity index (χ3n) is 8.77. The number of aryl methyl sites for hydroxylation is 1. The lowest BCUT2D eigenvalue weighted by molar-refractivity contribution is -0.130. The van der Waals surface area contributed by atoms with Crippen LogP contribution >= 0.6 is 23.1 Å². The Labute approximate surface area is 254 Å².